The number of unbranched alkanes of at least 4 members (excludes halogenated alkanes) is 2. The number of benzene rings is 2. The summed E-state index contributed by atoms with van der Waals surface area (Å²) in [7, 11) is -3.93. The van der Waals surface area contributed by atoms with Crippen LogP contribution >= 0.6 is 0 Å². The first-order valence-electron chi connectivity index (χ1n) is 14.2. The largest absolute Gasteiger partial charge is 0.320 e. The summed E-state index contributed by atoms with van der Waals surface area (Å²) in [5.41, 5.74) is 8.95. The number of sulfonamides is 1. The van der Waals surface area contributed by atoms with Gasteiger partial charge in [0.25, 0.3) is 15.9 Å². The maximum Gasteiger partial charge on any atom is 0.290 e. The molecule has 0 radical (unpaired) electrons. The van der Waals surface area contributed by atoms with Gasteiger partial charge in [-0.1, -0.05) is 45.6 Å². The smallest absolute Gasteiger partial charge is 0.290 e. The predicted molar refractivity (Wildman–Crippen MR) is 163 cm³/mol. The van der Waals surface area contributed by atoms with E-state index in [1.165, 1.54) is 50.2 Å². The van der Waals surface area contributed by atoms with E-state index < -0.39 is 10.0 Å². The number of aromatic nitrogens is 1. The van der Waals surface area contributed by atoms with Gasteiger partial charge >= 0.3 is 0 Å². The second-order valence-corrected chi connectivity index (χ2v) is 11.9. The number of rotatable bonds is 16. The molecule has 2 aromatic carbocycles. The van der Waals surface area contributed by atoms with Crippen LogP contribution in [0.25, 0.3) is 0 Å². The van der Waals surface area contributed by atoms with Crippen LogP contribution in [0, 0.1) is 13.8 Å². The molecule has 3 aromatic rings. The van der Waals surface area contributed by atoms with E-state index in [2.05, 4.69) is 46.9 Å². The van der Waals surface area contributed by atoms with Gasteiger partial charge in [-0.3, -0.25) is 25.2 Å². The van der Waals surface area contributed by atoms with E-state index in [0.717, 1.165) is 5.56 Å². The van der Waals surface area contributed by atoms with Gasteiger partial charge in [-0.2, -0.15) is 4.57 Å². The molecule has 0 saturated carbocycles. The van der Waals surface area contributed by atoms with E-state index >= 15 is 0 Å². The average molecular weight is 581 g/mol. The molecule has 0 bridgehead atoms. The minimum absolute atomic E-state index is 0.0745. The van der Waals surface area contributed by atoms with Crippen LogP contribution in [0.4, 0.5) is 17.1 Å². The molecule has 0 aliphatic heterocycles. The zero-order valence-electron chi connectivity index (χ0n) is 24.4. The highest BCUT2D eigenvalue weighted by Gasteiger charge is 2.22. The zero-order chi connectivity index (χ0) is 29.8. The lowest BCUT2D eigenvalue weighted by atomic mass is 9.90. The maximum atomic E-state index is 13.2. The van der Waals surface area contributed by atoms with Crippen molar-refractivity contribution < 1.29 is 22.6 Å². The van der Waals surface area contributed by atoms with Crippen molar-refractivity contribution in [2.24, 2.45) is 0 Å². The predicted octanol–water partition coefficient (Wildman–Crippen LogP) is 5.57. The minimum Gasteiger partial charge on any atom is -0.320 e. The highest BCUT2D eigenvalue weighted by atomic mass is 32.2. The summed E-state index contributed by atoms with van der Waals surface area (Å²) in [5.74, 6) is 0.299. The Labute approximate surface area is 243 Å². The highest BCUT2D eigenvalue weighted by molar-refractivity contribution is 7.92. The summed E-state index contributed by atoms with van der Waals surface area (Å²) < 4.78 is 30.9. The maximum absolute atomic E-state index is 13.2. The summed E-state index contributed by atoms with van der Waals surface area (Å²) in [4.78, 5) is 23.5. The molecule has 4 N–H and O–H groups in total. The van der Waals surface area contributed by atoms with Crippen LogP contribution < -0.4 is 25.5 Å². The Balaban J connectivity index is 1.71. The Bertz CT molecular complexity index is 1400. The highest BCUT2D eigenvalue weighted by Crippen LogP contribution is 2.29. The fraction of sp³-hybridized carbons (Fsp3) is 0.387. The van der Waals surface area contributed by atoms with Gasteiger partial charge in [0, 0.05) is 23.5 Å². The van der Waals surface area contributed by atoms with Gasteiger partial charge in [0.05, 0.1) is 10.6 Å². The minimum atomic E-state index is -3.93. The van der Waals surface area contributed by atoms with E-state index in [9.17, 15) is 18.0 Å². The number of hydrazine groups is 1. The molecule has 41 heavy (non-hydrogen) atoms. The van der Waals surface area contributed by atoms with Crippen molar-refractivity contribution in [3.63, 3.8) is 0 Å². The van der Waals surface area contributed by atoms with Gasteiger partial charge in [-0.25, -0.2) is 8.42 Å². The summed E-state index contributed by atoms with van der Waals surface area (Å²) in [6.07, 6.45) is 11.5. The number of pyridine rings is 1. The summed E-state index contributed by atoms with van der Waals surface area (Å²) in [5, 5.41) is 2.93. The number of carbonyl (C=O) groups excluding carboxylic acids is 2. The number of carbonyl (C=O) groups is 2. The first-order chi connectivity index (χ1) is 19.7. The number of nitrogens with zero attached hydrogens (tertiary/aromatic N) is 1. The molecule has 3 rings (SSSR count). The van der Waals surface area contributed by atoms with Crippen molar-refractivity contribution in [1.82, 2.24) is 5.43 Å². The van der Waals surface area contributed by atoms with Crippen molar-refractivity contribution in [3.05, 3.63) is 77.6 Å². The van der Waals surface area contributed by atoms with Gasteiger partial charge in [0.2, 0.25) is 13.0 Å². The van der Waals surface area contributed by atoms with Crippen LogP contribution in [-0.4, -0.2) is 20.7 Å². The number of amides is 2. The Hall–Kier alpha value is -3.92. The third-order valence-electron chi connectivity index (χ3n) is 7.12. The van der Waals surface area contributed by atoms with E-state index in [0.29, 0.717) is 35.0 Å². The molecule has 1 heterocycles. The van der Waals surface area contributed by atoms with Gasteiger partial charge in [-0.05, 0) is 79.6 Å². The second-order valence-electron chi connectivity index (χ2n) is 10.3. The van der Waals surface area contributed by atoms with E-state index in [1.807, 2.05) is 23.9 Å². The molecule has 0 fully saturated rings. The third-order valence-corrected chi connectivity index (χ3v) is 8.64. The topological polar surface area (TPSA) is 120 Å². The van der Waals surface area contributed by atoms with Crippen LogP contribution in [0.3, 0.4) is 0 Å². The summed E-state index contributed by atoms with van der Waals surface area (Å²) in [6, 6.07) is 13.9. The summed E-state index contributed by atoms with van der Waals surface area (Å²) in [6.45, 7) is 8.06. The molecular weight excluding hydrogens is 538 g/mol. The first kappa shape index (κ1) is 31.6. The molecule has 10 heteroatoms. The van der Waals surface area contributed by atoms with E-state index in [1.54, 1.807) is 37.3 Å². The molecule has 0 aliphatic rings. The quantitative estimate of drug-likeness (QED) is 0.100. The van der Waals surface area contributed by atoms with Crippen molar-refractivity contribution in [3.8, 4) is 0 Å². The molecule has 0 unspecified atom stereocenters. The molecule has 0 saturated heterocycles. The molecule has 1 aromatic heterocycles. The van der Waals surface area contributed by atoms with Crippen LogP contribution in [-0.2, 0) is 26.2 Å². The number of nitrogens with one attached hydrogen (secondary N) is 4. The number of hydrogen-bond donors (Lipinski definition) is 4. The van der Waals surface area contributed by atoms with E-state index in [-0.39, 0.29) is 17.3 Å². The Morgan fingerprint density at radius 1 is 0.902 bits per heavy atom. The van der Waals surface area contributed by atoms with Gasteiger partial charge in [0.15, 0.2) is 12.4 Å². The monoisotopic (exact) mass is 580 g/mol. The molecule has 2 amide bonds. The molecule has 9 nitrogen and oxygen atoms in total. The van der Waals surface area contributed by atoms with Crippen molar-refractivity contribution >= 4 is 39.4 Å². The Morgan fingerprint density at radius 3 is 2.10 bits per heavy atom. The lowest BCUT2D eigenvalue weighted by Crippen LogP contribution is -2.39. The Kier molecular flexibility index (Phi) is 11.7. The first-order valence-corrected chi connectivity index (χ1v) is 15.6. The lowest BCUT2D eigenvalue weighted by Gasteiger charge is -2.17. The lowest BCUT2D eigenvalue weighted by molar-refractivity contribution is -0.684. The van der Waals surface area contributed by atoms with Crippen LogP contribution in [0.5, 0.6) is 0 Å². The zero-order valence-corrected chi connectivity index (χ0v) is 25.2. The van der Waals surface area contributed by atoms with Crippen LogP contribution in [0.2, 0.25) is 0 Å². The van der Waals surface area contributed by atoms with Crippen molar-refractivity contribution in [2.45, 2.75) is 83.6 Å². The average Bonchev–Trinajstić information content (AvgIpc) is 2.95. The number of aryl methyl sites for hydroxylation is 1. The van der Waals surface area contributed by atoms with Crippen molar-refractivity contribution in [2.75, 3.05) is 15.5 Å². The third kappa shape index (κ3) is 9.04. The molecule has 220 valence electrons. The fourth-order valence-corrected chi connectivity index (χ4v) is 6.13. The van der Waals surface area contributed by atoms with Gasteiger partial charge < -0.3 is 5.32 Å². The van der Waals surface area contributed by atoms with Gasteiger partial charge in [0.1, 0.15) is 0 Å². The number of anilines is 3. The molecule has 0 spiro atoms. The normalized spacial score (nSPS) is 11.2. The van der Waals surface area contributed by atoms with E-state index in [4.69, 9.17) is 0 Å². The SMILES string of the molecule is CCCCC(CCCC)c1cc[n+](CC(=O)Nc2c(C)ccc(S(=O)(=O)Nc3ccc(NNC=O)cc3)c2C)cc1. The van der Waals surface area contributed by atoms with Crippen LogP contribution in [0.15, 0.2) is 65.8 Å². The number of hydrogen-bond acceptors (Lipinski definition) is 5. The second kappa shape index (κ2) is 15.2. The molecular formula is C31H42N5O4S+. The summed E-state index contributed by atoms with van der Waals surface area (Å²) >= 11 is 0. The molecule has 0 aliphatic carbocycles. The standard InChI is InChI=1S/C31H41N5O4S/c1-5-7-9-25(10-8-6-2)26-17-19-36(20-18-26)21-30(38)33-31-23(3)11-16-29(24(31)4)41(39,40)35-28-14-12-27(13-15-28)34-32-22-37/h11-20,22,25,34-35H,5-10,21H2,1-4H3,(H-,32,33,37,38)/p+1. The van der Waals surface area contributed by atoms with Crippen LogP contribution in [0.1, 0.15) is 75.0 Å². The molecule has 0 atom stereocenters. The van der Waals surface area contributed by atoms with Crippen molar-refractivity contribution in [1.29, 1.82) is 0 Å². The fourth-order valence-electron chi connectivity index (χ4n) is 4.83. The van der Waals surface area contributed by atoms with Gasteiger partial charge in [-0.15, -0.1) is 0 Å². The Morgan fingerprint density at radius 2 is 1.51 bits per heavy atom.